The third kappa shape index (κ3) is 5.70. The number of amides is 1. The van der Waals surface area contributed by atoms with Crippen molar-refractivity contribution in [1.82, 2.24) is 9.97 Å². The van der Waals surface area contributed by atoms with Crippen LogP contribution in [-0.2, 0) is 4.79 Å². The van der Waals surface area contributed by atoms with Crippen LogP contribution < -0.4 is 20.1 Å². The molecule has 1 saturated carbocycles. The second kappa shape index (κ2) is 11.0. The van der Waals surface area contributed by atoms with Crippen LogP contribution >= 0.6 is 0 Å². The van der Waals surface area contributed by atoms with Crippen molar-refractivity contribution >= 4 is 29.3 Å². The van der Waals surface area contributed by atoms with E-state index in [2.05, 4.69) is 20.6 Å². The van der Waals surface area contributed by atoms with Crippen LogP contribution in [0.2, 0.25) is 0 Å². The second-order valence-electron chi connectivity index (χ2n) is 7.88. The van der Waals surface area contributed by atoms with Gasteiger partial charge in [0.15, 0.2) is 17.3 Å². The zero-order valence-electron chi connectivity index (χ0n) is 18.8. The molecule has 0 spiro atoms. The number of hydrogen-bond donors (Lipinski definition) is 2. The lowest BCUT2D eigenvalue weighted by atomic mass is 9.86. The number of nitrogens with zero attached hydrogens (tertiary/aromatic N) is 3. The summed E-state index contributed by atoms with van der Waals surface area (Å²) >= 11 is 0. The molecule has 4 rings (SSSR count). The Balaban J connectivity index is 1.46. The molecule has 3 aromatic rings. The molecule has 2 N–H and O–H groups in total. The van der Waals surface area contributed by atoms with Crippen LogP contribution in [0.25, 0.3) is 6.08 Å². The fourth-order valence-corrected chi connectivity index (χ4v) is 3.44. The molecule has 2 heterocycles. The minimum Gasteiger partial charge on any atom is -0.493 e. The summed E-state index contributed by atoms with van der Waals surface area (Å²) in [6, 6.07) is 14.4. The Hall–Kier alpha value is -4.38. The summed E-state index contributed by atoms with van der Waals surface area (Å²) in [6.45, 7) is 0.640. The van der Waals surface area contributed by atoms with E-state index >= 15 is 0 Å². The first kappa shape index (κ1) is 22.8. The molecule has 0 atom stereocenters. The molecule has 8 nitrogen and oxygen atoms in total. The lowest BCUT2D eigenvalue weighted by Gasteiger charge is -2.26. The molecule has 1 aromatic carbocycles. The standard InChI is InChI=1S/C26H25N5O3/c1-33-22-9-3-7-20(25(22)34-17-18-5-2-6-18)11-13-24(32)30-21-8-4-14-28-26(21)31-23-12-10-19(15-27)16-29-23/h3-4,7-14,16,18H,2,5-6,17H2,1H3,(H,30,32)(H,28,29,31). The van der Waals surface area contributed by atoms with Crippen LogP contribution in [0.1, 0.15) is 30.4 Å². The molecule has 34 heavy (non-hydrogen) atoms. The Bertz CT molecular complexity index is 1210. The average molecular weight is 456 g/mol. The highest BCUT2D eigenvalue weighted by atomic mass is 16.5. The van der Waals surface area contributed by atoms with E-state index in [9.17, 15) is 4.79 Å². The Kier molecular flexibility index (Phi) is 7.35. The minimum absolute atomic E-state index is 0.323. The largest absolute Gasteiger partial charge is 0.493 e. The summed E-state index contributed by atoms with van der Waals surface area (Å²) in [7, 11) is 1.60. The van der Waals surface area contributed by atoms with E-state index in [1.807, 2.05) is 24.3 Å². The van der Waals surface area contributed by atoms with E-state index in [0.29, 0.717) is 46.9 Å². The molecule has 172 valence electrons. The highest BCUT2D eigenvalue weighted by Gasteiger charge is 2.19. The first-order valence-electron chi connectivity index (χ1n) is 11.0. The number of carbonyl (C=O) groups is 1. The van der Waals surface area contributed by atoms with Gasteiger partial charge in [-0.1, -0.05) is 18.6 Å². The van der Waals surface area contributed by atoms with Crippen LogP contribution in [0.3, 0.4) is 0 Å². The van der Waals surface area contributed by atoms with E-state index in [-0.39, 0.29) is 5.91 Å². The lowest BCUT2D eigenvalue weighted by molar-refractivity contribution is -0.111. The number of para-hydroxylation sites is 1. The Morgan fingerprint density at radius 1 is 1.21 bits per heavy atom. The molecule has 0 unspecified atom stereocenters. The molecule has 8 heteroatoms. The van der Waals surface area contributed by atoms with Crippen LogP contribution in [0.4, 0.5) is 17.3 Å². The van der Waals surface area contributed by atoms with E-state index in [1.54, 1.807) is 43.6 Å². The van der Waals surface area contributed by atoms with Gasteiger partial charge < -0.3 is 20.1 Å². The number of anilines is 3. The van der Waals surface area contributed by atoms with Crippen LogP contribution in [-0.4, -0.2) is 29.6 Å². The second-order valence-corrected chi connectivity index (χ2v) is 7.88. The van der Waals surface area contributed by atoms with Gasteiger partial charge in [-0.15, -0.1) is 0 Å². The number of hydrogen-bond acceptors (Lipinski definition) is 7. The van der Waals surface area contributed by atoms with Crippen molar-refractivity contribution in [3.05, 3.63) is 72.1 Å². The summed E-state index contributed by atoms with van der Waals surface area (Å²) in [5.41, 5.74) is 1.72. The molecule has 1 aliphatic carbocycles. The summed E-state index contributed by atoms with van der Waals surface area (Å²) in [5, 5.41) is 14.8. The van der Waals surface area contributed by atoms with Gasteiger partial charge in [-0.2, -0.15) is 5.26 Å². The molecule has 0 bridgehead atoms. The van der Waals surface area contributed by atoms with Crippen molar-refractivity contribution in [2.75, 3.05) is 24.4 Å². The fourth-order valence-electron chi connectivity index (χ4n) is 3.44. The molecule has 0 radical (unpaired) electrons. The van der Waals surface area contributed by atoms with Crippen molar-refractivity contribution in [2.45, 2.75) is 19.3 Å². The van der Waals surface area contributed by atoms with Crippen LogP contribution in [0, 0.1) is 17.2 Å². The highest BCUT2D eigenvalue weighted by Crippen LogP contribution is 2.34. The fraction of sp³-hybridized carbons (Fsp3) is 0.231. The van der Waals surface area contributed by atoms with Gasteiger partial charge in [0, 0.05) is 24.0 Å². The van der Waals surface area contributed by atoms with E-state index in [0.717, 1.165) is 5.56 Å². The number of nitriles is 1. The van der Waals surface area contributed by atoms with Gasteiger partial charge in [-0.25, -0.2) is 9.97 Å². The number of methoxy groups -OCH3 is 1. The first-order valence-corrected chi connectivity index (χ1v) is 11.0. The summed E-state index contributed by atoms with van der Waals surface area (Å²) in [5.74, 6) is 2.47. The maximum atomic E-state index is 12.7. The van der Waals surface area contributed by atoms with Gasteiger partial charge in [0.05, 0.1) is 25.0 Å². The zero-order chi connectivity index (χ0) is 23.8. The van der Waals surface area contributed by atoms with Crippen molar-refractivity contribution in [2.24, 2.45) is 5.92 Å². The Labute approximate surface area is 198 Å². The third-order valence-electron chi connectivity index (χ3n) is 5.54. The number of nitrogens with one attached hydrogen (secondary N) is 2. The van der Waals surface area contributed by atoms with Gasteiger partial charge in [0.1, 0.15) is 11.9 Å². The predicted molar refractivity (Wildman–Crippen MR) is 130 cm³/mol. The predicted octanol–water partition coefficient (Wildman–Crippen LogP) is 4.93. The molecule has 1 aliphatic rings. The van der Waals surface area contributed by atoms with Gasteiger partial charge in [0.2, 0.25) is 5.91 Å². The smallest absolute Gasteiger partial charge is 0.248 e. The monoisotopic (exact) mass is 455 g/mol. The summed E-state index contributed by atoms with van der Waals surface area (Å²) in [6.07, 6.45) is 9.84. The highest BCUT2D eigenvalue weighted by molar-refractivity contribution is 6.03. The van der Waals surface area contributed by atoms with Gasteiger partial charge in [0.25, 0.3) is 0 Å². The quantitative estimate of drug-likeness (QED) is 0.440. The Morgan fingerprint density at radius 3 is 2.79 bits per heavy atom. The summed E-state index contributed by atoms with van der Waals surface area (Å²) < 4.78 is 11.5. The Morgan fingerprint density at radius 2 is 2.09 bits per heavy atom. The number of pyridine rings is 2. The minimum atomic E-state index is -0.323. The average Bonchev–Trinajstić information content (AvgIpc) is 2.84. The number of aromatic nitrogens is 2. The SMILES string of the molecule is COc1cccc(C=CC(=O)Nc2cccnc2Nc2ccc(C#N)cn2)c1OCC1CCC1. The third-order valence-corrected chi connectivity index (χ3v) is 5.54. The molecule has 1 amide bonds. The first-order chi connectivity index (χ1) is 16.7. The molecule has 0 saturated heterocycles. The topological polar surface area (TPSA) is 109 Å². The molecule has 0 aliphatic heterocycles. The van der Waals surface area contributed by atoms with Crippen molar-refractivity contribution < 1.29 is 14.3 Å². The number of carbonyl (C=O) groups excluding carboxylic acids is 1. The van der Waals surface area contributed by atoms with E-state index < -0.39 is 0 Å². The van der Waals surface area contributed by atoms with Crippen LogP contribution in [0.15, 0.2) is 60.9 Å². The van der Waals surface area contributed by atoms with Gasteiger partial charge in [-0.3, -0.25) is 4.79 Å². The molecule has 1 fully saturated rings. The maximum Gasteiger partial charge on any atom is 0.248 e. The van der Waals surface area contributed by atoms with Crippen LogP contribution in [0.5, 0.6) is 11.5 Å². The maximum absolute atomic E-state index is 12.7. The van der Waals surface area contributed by atoms with E-state index in [1.165, 1.54) is 31.5 Å². The number of rotatable bonds is 9. The summed E-state index contributed by atoms with van der Waals surface area (Å²) in [4.78, 5) is 21.2. The van der Waals surface area contributed by atoms with Gasteiger partial charge >= 0.3 is 0 Å². The molecule has 2 aromatic heterocycles. The van der Waals surface area contributed by atoms with Crippen molar-refractivity contribution in [3.63, 3.8) is 0 Å². The normalized spacial score (nSPS) is 13.1. The van der Waals surface area contributed by atoms with E-state index in [4.69, 9.17) is 14.7 Å². The number of benzene rings is 1. The zero-order valence-corrected chi connectivity index (χ0v) is 18.8. The van der Waals surface area contributed by atoms with Crippen molar-refractivity contribution in [3.8, 4) is 17.6 Å². The van der Waals surface area contributed by atoms with Gasteiger partial charge in [-0.05, 0) is 55.2 Å². The van der Waals surface area contributed by atoms with Crippen molar-refractivity contribution in [1.29, 1.82) is 5.26 Å². The lowest BCUT2D eigenvalue weighted by Crippen LogP contribution is -2.19. The number of ether oxygens (including phenoxy) is 2. The molecular formula is C26H25N5O3. The molecular weight excluding hydrogens is 430 g/mol.